The van der Waals surface area contributed by atoms with Crippen molar-refractivity contribution in [2.24, 2.45) is 0 Å². The van der Waals surface area contributed by atoms with E-state index in [1.807, 2.05) is 0 Å². The first-order valence-corrected chi connectivity index (χ1v) is 8.79. The molecule has 18 heavy (non-hydrogen) atoms. The average molecular weight is 258 g/mol. The molecule has 0 bridgehead atoms. The summed E-state index contributed by atoms with van der Waals surface area (Å²) in [6, 6.07) is 6.04. The van der Waals surface area contributed by atoms with Crippen molar-refractivity contribution < 1.29 is 0 Å². The molecule has 1 saturated carbocycles. The molecule has 2 rings (SSSR count). The smallest absolute Gasteiger partial charge is 0.00756 e. The van der Waals surface area contributed by atoms with Crippen LogP contribution in [-0.4, -0.2) is 10.2 Å². The Bertz CT molecular complexity index is 424. The lowest BCUT2D eigenvalue weighted by atomic mass is 9.78. The molecule has 0 aromatic heterocycles. The Hall–Kier alpha value is -0.823. The minimum Gasteiger partial charge on any atom is -0.0889 e. The van der Waals surface area contributed by atoms with E-state index in [4.69, 9.17) is 0 Å². The van der Waals surface area contributed by atoms with Crippen LogP contribution in [0.2, 0.25) is 6.04 Å². The zero-order valence-electron chi connectivity index (χ0n) is 12.3. The second-order valence-electron chi connectivity index (χ2n) is 5.86. The molecule has 0 amide bonds. The SMILES string of the molecule is Cc1cc(C)c(C2CCC(=CC[SiH3])CC2)c(C)c1. The molecule has 1 aliphatic carbocycles. The van der Waals surface area contributed by atoms with Gasteiger partial charge in [0, 0.05) is 10.2 Å². The van der Waals surface area contributed by atoms with Gasteiger partial charge in [-0.05, 0) is 75.1 Å². The van der Waals surface area contributed by atoms with Gasteiger partial charge in [-0.25, -0.2) is 0 Å². The maximum atomic E-state index is 2.50. The van der Waals surface area contributed by atoms with Gasteiger partial charge in [0.05, 0.1) is 0 Å². The fourth-order valence-corrected chi connectivity index (χ4v) is 4.18. The van der Waals surface area contributed by atoms with Crippen LogP contribution in [0.5, 0.6) is 0 Å². The molecular weight excluding hydrogens is 232 g/mol. The normalized spacial score (nSPS) is 20.2. The summed E-state index contributed by atoms with van der Waals surface area (Å²) >= 11 is 0. The van der Waals surface area contributed by atoms with Crippen LogP contribution in [-0.2, 0) is 0 Å². The van der Waals surface area contributed by atoms with Crippen LogP contribution in [0.25, 0.3) is 0 Å². The van der Waals surface area contributed by atoms with Crippen molar-refractivity contribution in [3.63, 3.8) is 0 Å². The van der Waals surface area contributed by atoms with Crippen molar-refractivity contribution in [1.29, 1.82) is 0 Å². The monoisotopic (exact) mass is 258 g/mol. The Morgan fingerprint density at radius 1 is 1.11 bits per heavy atom. The molecule has 1 heteroatoms. The van der Waals surface area contributed by atoms with Gasteiger partial charge in [0.25, 0.3) is 0 Å². The van der Waals surface area contributed by atoms with Gasteiger partial charge >= 0.3 is 0 Å². The van der Waals surface area contributed by atoms with Crippen molar-refractivity contribution in [3.8, 4) is 0 Å². The molecule has 0 atom stereocenters. The lowest BCUT2D eigenvalue weighted by Gasteiger charge is -2.27. The minimum atomic E-state index is 0.803. The zero-order valence-corrected chi connectivity index (χ0v) is 14.3. The summed E-state index contributed by atoms with van der Waals surface area (Å²) in [4.78, 5) is 0. The van der Waals surface area contributed by atoms with Crippen LogP contribution in [0, 0.1) is 20.8 Å². The minimum absolute atomic E-state index is 0.803. The Morgan fingerprint density at radius 3 is 2.17 bits per heavy atom. The highest BCUT2D eigenvalue weighted by atomic mass is 28.1. The molecule has 1 aromatic rings. The molecule has 98 valence electrons. The Morgan fingerprint density at radius 2 is 1.67 bits per heavy atom. The van der Waals surface area contributed by atoms with E-state index in [-0.39, 0.29) is 0 Å². The van der Waals surface area contributed by atoms with E-state index >= 15 is 0 Å². The lowest BCUT2D eigenvalue weighted by molar-refractivity contribution is 0.512. The van der Waals surface area contributed by atoms with E-state index in [1.165, 1.54) is 58.7 Å². The van der Waals surface area contributed by atoms with E-state index in [0.29, 0.717) is 0 Å². The predicted octanol–water partition coefficient (Wildman–Crippen LogP) is 3.98. The molecule has 1 aromatic carbocycles. The van der Waals surface area contributed by atoms with E-state index in [2.05, 4.69) is 39.0 Å². The third kappa shape index (κ3) is 2.95. The molecule has 0 radical (unpaired) electrons. The molecule has 1 fully saturated rings. The van der Waals surface area contributed by atoms with Crippen molar-refractivity contribution in [2.45, 2.75) is 58.4 Å². The van der Waals surface area contributed by atoms with Gasteiger partial charge in [-0.15, -0.1) is 0 Å². The van der Waals surface area contributed by atoms with Gasteiger partial charge in [-0.3, -0.25) is 0 Å². The fourth-order valence-electron chi connectivity index (χ4n) is 3.61. The summed E-state index contributed by atoms with van der Waals surface area (Å²) in [6.07, 6.45) is 7.88. The summed E-state index contributed by atoms with van der Waals surface area (Å²) < 4.78 is 0. The molecule has 0 spiro atoms. The fraction of sp³-hybridized carbons (Fsp3) is 0.529. The average Bonchev–Trinajstić information content (AvgIpc) is 2.30. The van der Waals surface area contributed by atoms with Crippen LogP contribution in [0.15, 0.2) is 23.8 Å². The Kier molecular flexibility index (Phi) is 4.44. The maximum absolute atomic E-state index is 2.50. The van der Waals surface area contributed by atoms with Gasteiger partial charge in [-0.2, -0.15) is 0 Å². The summed E-state index contributed by atoms with van der Waals surface area (Å²) in [5.74, 6) is 0.803. The molecule has 0 nitrogen and oxygen atoms in total. The molecule has 0 unspecified atom stereocenters. The number of hydrogen-bond donors (Lipinski definition) is 0. The van der Waals surface area contributed by atoms with Crippen molar-refractivity contribution in [1.82, 2.24) is 0 Å². The number of benzene rings is 1. The molecular formula is C17H26Si. The van der Waals surface area contributed by atoms with Gasteiger partial charge in [-0.1, -0.05) is 29.3 Å². The van der Waals surface area contributed by atoms with Crippen LogP contribution in [0.1, 0.15) is 53.9 Å². The highest BCUT2D eigenvalue weighted by molar-refractivity contribution is 6.09. The summed E-state index contributed by atoms with van der Waals surface area (Å²) in [5, 5.41) is 0. The first-order valence-electron chi connectivity index (χ1n) is 7.37. The highest BCUT2D eigenvalue weighted by Crippen LogP contribution is 2.38. The van der Waals surface area contributed by atoms with Crippen molar-refractivity contribution in [3.05, 3.63) is 46.0 Å². The van der Waals surface area contributed by atoms with E-state index in [0.717, 1.165) is 5.92 Å². The highest BCUT2D eigenvalue weighted by Gasteiger charge is 2.21. The van der Waals surface area contributed by atoms with Gasteiger partial charge in [0.1, 0.15) is 0 Å². The van der Waals surface area contributed by atoms with Crippen LogP contribution in [0.4, 0.5) is 0 Å². The van der Waals surface area contributed by atoms with Crippen molar-refractivity contribution in [2.75, 3.05) is 0 Å². The van der Waals surface area contributed by atoms with Crippen molar-refractivity contribution >= 4 is 10.2 Å². The molecule has 0 heterocycles. The standard InChI is InChI=1S/C17H26Si/c1-12-10-13(2)17(14(3)11-12)16-6-4-15(5-7-16)8-9-18/h8,10-11,16H,4-7,9H2,1-3,18H3. The van der Waals surface area contributed by atoms with Crippen LogP contribution in [0.3, 0.4) is 0 Å². The number of allylic oxidation sites excluding steroid dienone is 2. The van der Waals surface area contributed by atoms with E-state index < -0.39 is 0 Å². The largest absolute Gasteiger partial charge is 0.0889 e. The molecule has 0 saturated heterocycles. The number of rotatable bonds is 2. The summed E-state index contributed by atoms with van der Waals surface area (Å²) in [7, 11) is 1.31. The van der Waals surface area contributed by atoms with Crippen LogP contribution < -0.4 is 0 Å². The molecule has 1 aliphatic rings. The second kappa shape index (κ2) is 5.88. The first-order chi connectivity index (χ1) is 8.61. The molecule has 0 aliphatic heterocycles. The molecule has 0 N–H and O–H groups in total. The van der Waals surface area contributed by atoms with E-state index in [1.54, 1.807) is 11.1 Å². The van der Waals surface area contributed by atoms with E-state index in [9.17, 15) is 0 Å². The summed E-state index contributed by atoms with van der Waals surface area (Å²) in [6.45, 7) is 6.79. The maximum Gasteiger partial charge on any atom is 0.00756 e. The third-order valence-corrected chi connectivity index (χ3v) is 4.68. The Labute approximate surface area is 115 Å². The van der Waals surface area contributed by atoms with Gasteiger partial charge in [0.15, 0.2) is 0 Å². The third-order valence-electron chi connectivity index (χ3n) is 4.27. The van der Waals surface area contributed by atoms with Gasteiger partial charge < -0.3 is 0 Å². The van der Waals surface area contributed by atoms with Crippen LogP contribution >= 0.6 is 0 Å². The Balaban J connectivity index is 2.17. The zero-order chi connectivity index (χ0) is 13.1. The number of aryl methyl sites for hydroxylation is 3. The predicted molar refractivity (Wildman–Crippen MR) is 84.7 cm³/mol. The lowest BCUT2D eigenvalue weighted by Crippen LogP contribution is -2.10. The summed E-state index contributed by atoms with van der Waals surface area (Å²) in [5.41, 5.74) is 7.79. The topological polar surface area (TPSA) is 0 Å². The second-order valence-corrected chi connectivity index (χ2v) is 6.67. The first kappa shape index (κ1) is 13.6. The number of hydrogen-bond acceptors (Lipinski definition) is 0. The van der Waals surface area contributed by atoms with Gasteiger partial charge in [0.2, 0.25) is 0 Å². The quantitative estimate of drug-likeness (QED) is 0.556.